The molecule has 104 valence electrons. The van der Waals surface area contributed by atoms with Crippen molar-refractivity contribution in [2.75, 3.05) is 13.2 Å². The topological polar surface area (TPSA) is 35.2 Å². The highest BCUT2D eigenvalue weighted by Gasteiger charge is 2.39. The van der Waals surface area contributed by atoms with Crippen LogP contribution in [0.2, 0.25) is 0 Å². The van der Waals surface area contributed by atoms with Crippen LogP contribution in [0.4, 0.5) is 0 Å². The van der Waals surface area contributed by atoms with Gasteiger partial charge in [-0.1, -0.05) is 28.8 Å². The Labute approximate surface area is 123 Å². The molecule has 2 saturated carbocycles. The molecular formula is C16H22BrNO. The van der Waals surface area contributed by atoms with Gasteiger partial charge in [0.05, 0.1) is 6.61 Å². The van der Waals surface area contributed by atoms with E-state index in [1.54, 1.807) is 0 Å². The van der Waals surface area contributed by atoms with Gasteiger partial charge in [0.1, 0.15) is 5.75 Å². The van der Waals surface area contributed by atoms with Gasteiger partial charge in [-0.05, 0) is 49.8 Å². The molecular weight excluding hydrogens is 302 g/mol. The molecule has 0 heterocycles. The summed E-state index contributed by atoms with van der Waals surface area (Å²) in [5.74, 6) is 1.83. The van der Waals surface area contributed by atoms with Crippen LogP contribution in [0.25, 0.3) is 0 Å². The van der Waals surface area contributed by atoms with Crippen LogP contribution in [0.15, 0.2) is 22.7 Å². The average Bonchev–Trinajstić information content (AvgIpc) is 2.29. The van der Waals surface area contributed by atoms with Crippen LogP contribution in [-0.2, 0) is 5.41 Å². The third-order valence-corrected chi connectivity index (χ3v) is 5.41. The van der Waals surface area contributed by atoms with Crippen LogP contribution >= 0.6 is 15.9 Å². The summed E-state index contributed by atoms with van der Waals surface area (Å²) in [4.78, 5) is 0. The molecule has 1 aromatic rings. The first-order valence-electron chi connectivity index (χ1n) is 7.36. The minimum Gasteiger partial charge on any atom is -0.493 e. The molecule has 2 fully saturated rings. The standard InChI is InChI=1S/C16H22BrNO/c17-13-5-6-15(19-10-12-3-1-4-12)14(9-13)16(11-18)7-2-8-16/h5-6,9,12H,1-4,7-8,10-11,18H2. The Bertz CT molecular complexity index is 447. The van der Waals surface area contributed by atoms with Crippen LogP contribution in [0.5, 0.6) is 5.75 Å². The molecule has 0 aromatic heterocycles. The van der Waals surface area contributed by atoms with E-state index < -0.39 is 0 Å². The number of rotatable bonds is 5. The third-order valence-electron chi connectivity index (χ3n) is 4.91. The summed E-state index contributed by atoms with van der Waals surface area (Å²) < 4.78 is 7.23. The van der Waals surface area contributed by atoms with E-state index in [1.807, 2.05) is 0 Å². The molecule has 3 heteroatoms. The first kappa shape index (κ1) is 13.4. The van der Waals surface area contributed by atoms with Gasteiger partial charge in [-0.15, -0.1) is 0 Å². The maximum absolute atomic E-state index is 6.10. The van der Waals surface area contributed by atoms with Gasteiger partial charge in [0.25, 0.3) is 0 Å². The lowest BCUT2D eigenvalue weighted by molar-refractivity contribution is 0.171. The molecule has 19 heavy (non-hydrogen) atoms. The molecule has 2 N–H and O–H groups in total. The summed E-state index contributed by atoms with van der Waals surface area (Å²) >= 11 is 3.58. The van der Waals surface area contributed by atoms with Crippen molar-refractivity contribution in [3.8, 4) is 5.75 Å². The van der Waals surface area contributed by atoms with Gasteiger partial charge < -0.3 is 10.5 Å². The summed E-state index contributed by atoms with van der Waals surface area (Å²) in [6.07, 6.45) is 7.70. The van der Waals surface area contributed by atoms with Crippen LogP contribution < -0.4 is 10.5 Å². The fourth-order valence-electron chi connectivity index (χ4n) is 3.10. The number of benzene rings is 1. The smallest absolute Gasteiger partial charge is 0.123 e. The Kier molecular flexibility index (Phi) is 3.86. The molecule has 0 saturated heterocycles. The van der Waals surface area contributed by atoms with Crippen LogP contribution in [0.1, 0.15) is 44.1 Å². The fraction of sp³-hybridized carbons (Fsp3) is 0.625. The van der Waals surface area contributed by atoms with Crippen molar-refractivity contribution >= 4 is 15.9 Å². The van der Waals surface area contributed by atoms with Crippen LogP contribution in [0, 0.1) is 5.92 Å². The first-order chi connectivity index (χ1) is 9.23. The minimum atomic E-state index is 0.165. The Balaban J connectivity index is 1.81. The zero-order valence-corrected chi connectivity index (χ0v) is 12.9. The maximum Gasteiger partial charge on any atom is 0.123 e. The summed E-state index contributed by atoms with van der Waals surface area (Å²) in [7, 11) is 0. The molecule has 2 aliphatic carbocycles. The molecule has 1 aromatic carbocycles. The molecule has 0 amide bonds. The molecule has 0 spiro atoms. The average molecular weight is 324 g/mol. The van der Waals surface area contributed by atoms with Crippen molar-refractivity contribution < 1.29 is 4.74 Å². The summed E-state index contributed by atoms with van der Waals surface area (Å²) in [6, 6.07) is 6.39. The first-order valence-corrected chi connectivity index (χ1v) is 8.16. The Morgan fingerprint density at radius 1 is 1.26 bits per heavy atom. The number of hydrogen-bond acceptors (Lipinski definition) is 2. The lowest BCUT2D eigenvalue weighted by Crippen LogP contribution is -2.42. The second-order valence-electron chi connectivity index (χ2n) is 6.09. The van der Waals surface area contributed by atoms with Gasteiger partial charge >= 0.3 is 0 Å². The zero-order chi connectivity index (χ0) is 13.3. The Morgan fingerprint density at radius 2 is 2.05 bits per heavy atom. The normalized spacial score (nSPS) is 21.6. The molecule has 0 unspecified atom stereocenters. The van der Waals surface area contributed by atoms with Crippen molar-refractivity contribution in [3.05, 3.63) is 28.2 Å². The lowest BCUT2D eigenvalue weighted by atomic mass is 9.64. The van der Waals surface area contributed by atoms with Gasteiger partial charge in [-0.25, -0.2) is 0 Å². The monoisotopic (exact) mass is 323 g/mol. The maximum atomic E-state index is 6.10. The van der Waals surface area contributed by atoms with E-state index in [9.17, 15) is 0 Å². The highest BCUT2D eigenvalue weighted by atomic mass is 79.9. The van der Waals surface area contributed by atoms with Crippen molar-refractivity contribution in [3.63, 3.8) is 0 Å². The van der Waals surface area contributed by atoms with E-state index in [0.29, 0.717) is 0 Å². The van der Waals surface area contributed by atoms with E-state index >= 15 is 0 Å². The van der Waals surface area contributed by atoms with Crippen molar-refractivity contribution in [2.45, 2.75) is 43.9 Å². The Morgan fingerprint density at radius 3 is 2.58 bits per heavy atom. The highest BCUT2D eigenvalue weighted by molar-refractivity contribution is 9.10. The second kappa shape index (κ2) is 5.45. The van der Waals surface area contributed by atoms with Crippen molar-refractivity contribution in [2.24, 2.45) is 11.7 Å². The van der Waals surface area contributed by atoms with Gasteiger partial charge in [-0.3, -0.25) is 0 Å². The van der Waals surface area contributed by atoms with E-state index in [2.05, 4.69) is 34.1 Å². The number of hydrogen-bond donors (Lipinski definition) is 1. The molecule has 0 atom stereocenters. The quantitative estimate of drug-likeness (QED) is 0.888. The Hall–Kier alpha value is -0.540. The minimum absolute atomic E-state index is 0.165. The van der Waals surface area contributed by atoms with Gasteiger partial charge in [-0.2, -0.15) is 0 Å². The van der Waals surface area contributed by atoms with Gasteiger partial charge in [0.2, 0.25) is 0 Å². The van der Waals surface area contributed by atoms with Gasteiger partial charge in [0.15, 0.2) is 0 Å². The van der Waals surface area contributed by atoms with Crippen LogP contribution in [0.3, 0.4) is 0 Å². The van der Waals surface area contributed by atoms with E-state index in [0.717, 1.165) is 29.3 Å². The van der Waals surface area contributed by atoms with E-state index in [1.165, 1.54) is 44.1 Å². The molecule has 0 bridgehead atoms. The molecule has 2 nitrogen and oxygen atoms in total. The zero-order valence-electron chi connectivity index (χ0n) is 11.3. The highest BCUT2D eigenvalue weighted by Crippen LogP contribution is 2.47. The summed E-state index contributed by atoms with van der Waals surface area (Å²) in [5.41, 5.74) is 7.52. The summed E-state index contributed by atoms with van der Waals surface area (Å²) in [6.45, 7) is 1.60. The number of nitrogens with two attached hydrogens (primary N) is 1. The van der Waals surface area contributed by atoms with Crippen LogP contribution in [-0.4, -0.2) is 13.2 Å². The third kappa shape index (κ3) is 2.55. The number of halogens is 1. The summed E-state index contributed by atoms with van der Waals surface area (Å²) in [5, 5.41) is 0. The fourth-order valence-corrected chi connectivity index (χ4v) is 3.46. The predicted octanol–water partition coefficient (Wildman–Crippen LogP) is 4.01. The van der Waals surface area contributed by atoms with Gasteiger partial charge in [0, 0.05) is 22.0 Å². The second-order valence-corrected chi connectivity index (χ2v) is 7.00. The molecule has 3 rings (SSSR count). The number of ether oxygens (including phenoxy) is 1. The SMILES string of the molecule is NCC1(c2cc(Br)ccc2OCC2CCC2)CCC1. The lowest BCUT2D eigenvalue weighted by Gasteiger charge is -2.42. The van der Waals surface area contributed by atoms with E-state index in [4.69, 9.17) is 10.5 Å². The largest absolute Gasteiger partial charge is 0.493 e. The van der Waals surface area contributed by atoms with Crippen molar-refractivity contribution in [1.82, 2.24) is 0 Å². The predicted molar refractivity (Wildman–Crippen MR) is 81.6 cm³/mol. The molecule has 0 radical (unpaired) electrons. The van der Waals surface area contributed by atoms with Crippen molar-refractivity contribution in [1.29, 1.82) is 0 Å². The van der Waals surface area contributed by atoms with E-state index in [-0.39, 0.29) is 5.41 Å². The molecule has 0 aliphatic heterocycles. The molecule has 2 aliphatic rings.